The van der Waals surface area contributed by atoms with E-state index >= 15 is 0 Å². The lowest BCUT2D eigenvalue weighted by molar-refractivity contribution is 0.415. The molecule has 1 heterocycles. The second-order valence-electron chi connectivity index (χ2n) is 3.76. The first kappa shape index (κ1) is 12.6. The Bertz CT molecular complexity index is 591. The number of benzene rings is 1. The summed E-state index contributed by atoms with van der Waals surface area (Å²) in [6.07, 6.45) is 3.24. The van der Waals surface area contributed by atoms with Crippen LogP contribution in [0.4, 0.5) is 17.3 Å². The summed E-state index contributed by atoms with van der Waals surface area (Å²) < 4.78 is 5.12. The van der Waals surface area contributed by atoms with E-state index in [1.807, 2.05) is 42.4 Å². The minimum atomic E-state index is 0.466. The fourth-order valence-electron chi connectivity index (χ4n) is 1.59. The van der Waals surface area contributed by atoms with Gasteiger partial charge in [-0.1, -0.05) is 0 Å². The molecule has 96 valence electrons. The Morgan fingerprint density at radius 1 is 1.26 bits per heavy atom. The quantitative estimate of drug-likeness (QED) is 0.666. The molecule has 2 aromatic rings. The van der Waals surface area contributed by atoms with Gasteiger partial charge in [-0.2, -0.15) is 5.26 Å². The molecule has 19 heavy (non-hydrogen) atoms. The van der Waals surface area contributed by atoms with Crippen molar-refractivity contribution >= 4 is 17.3 Å². The van der Waals surface area contributed by atoms with Gasteiger partial charge in [0.15, 0.2) is 6.19 Å². The SMILES string of the molecule is COc1ccc(N(C)c2cc(NC#N)ncn2)cc1. The van der Waals surface area contributed by atoms with Crippen molar-refractivity contribution in [2.24, 2.45) is 0 Å². The molecule has 1 aromatic heterocycles. The van der Waals surface area contributed by atoms with Gasteiger partial charge >= 0.3 is 0 Å². The number of ether oxygens (including phenoxy) is 1. The lowest BCUT2D eigenvalue weighted by Gasteiger charge is -2.18. The monoisotopic (exact) mass is 255 g/mol. The number of nitrogens with one attached hydrogen (secondary N) is 1. The van der Waals surface area contributed by atoms with E-state index in [9.17, 15) is 0 Å². The highest BCUT2D eigenvalue weighted by Crippen LogP contribution is 2.24. The Balaban J connectivity index is 2.25. The summed E-state index contributed by atoms with van der Waals surface area (Å²) in [4.78, 5) is 10.0. The molecular weight excluding hydrogens is 242 g/mol. The molecular formula is C13H13N5O. The van der Waals surface area contributed by atoms with Crippen molar-refractivity contribution in [3.05, 3.63) is 36.7 Å². The Morgan fingerprint density at radius 3 is 2.63 bits per heavy atom. The third-order valence-corrected chi connectivity index (χ3v) is 2.64. The van der Waals surface area contributed by atoms with Crippen molar-refractivity contribution in [3.8, 4) is 11.9 Å². The van der Waals surface area contributed by atoms with Gasteiger partial charge < -0.3 is 9.64 Å². The fourth-order valence-corrected chi connectivity index (χ4v) is 1.59. The molecule has 0 fully saturated rings. The van der Waals surface area contributed by atoms with Gasteiger partial charge in [0, 0.05) is 18.8 Å². The van der Waals surface area contributed by atoms with Crippen molar-refractivity contribution < 1.29 is 4.74 Å². The second-order valence-corrected chi connectivity index (χ2v) is 3.76. The van der Waals surface area contributed by atoms with E-state index in [0.717, 1.165) is 11.4 Å². The number of nitriles is 1. The highest BCUT2D eigenvalue weighted by atomic mass is 16.5. The topological polar surface area (TPSA) is 74.1 Å². The van der Waals surface area contributed by atoms with Crippen LogP contribution >= 0.6 is 0 Å². The number of anilines is 3. The summed E-state index contributed by atoms with van der Waals surface area (Å²) in [5.74, 6) is 1.96. The molecule has 0 unspecified atom stereocenters. The first-order valence-electron chi connectivity index (χ1n) is 5.59. The molecule has 0 saturated heterocycles. The van der Waals surface area contributed by atoms with Gasteiger partial charge in [-0.05, 0) is 24.3 Å². The van der Waals surface area contributed by atoms with E-state index in [0.29, 0.717) is 11.6 Å². The maximum atomic E-state index is 8.57. The van der Waals surface area contributed by atoms with E-state index in [-0.39, 0.29) is 0 Å². The normalized spacial score (nSPS) is 9.53. The van der Waals surface area contributed by atoms with Crippen LogP contribution in [0.15, 0.2) is 36.7 Å². The van der Waals surface area contributed by atoms with Crippen LogP contribution in [0.2, 0.25) is 0 Å². The minimum Gasteiger partial charge on any atom is -0.497 e. The van der Waals surface area contributed by atoms with E-state index in [1.165, 1.54) is 6.33 Å². The number of rotatable bonds is 4. The molecule has 0 aliphatic rings. The highest BCUT2D eigenvalue weighted by molar-refractivity contribution is 5.62. The minimum absolute atomic E-state index is 0.466. The van der Waals surface area contributed by atoms with Gasteiger partial charge in [-0.3, -0.25) is 5.32 Å². The number of nitrogens with zero attached hydrogens (tertiary/aromatic N) is 4. The summed E-state index contributed by atoms with van der Waals surface area (Å²) in [7, 11) is 3.52. The number of methoxy groups -OCH3 is 1. The lowest BCUT2D eigenvalue weighted by atomic mass is 10.3. The van der Waals surface area contributed by atoms with E-state index in [4.69, 9.17) is 10.00 Å². The Hall–Kier alpha value is -2.81. The number of aromatic nitrogens is 2. The molecule has 0 atom stereocenters. The van der Waals surface area contributed by atoms with Crippen LogP contribution in [-0.4, -0.2) is 24.1 Å². The zero-order valence-electron chi connectivity index (χ0n) is 10.7. The third-order valence-electron chi connectivity index (χ3n) is 2.64. The summed E-state index contributed by atoms with van der Waals surface area (Å²) in [6.45, 7) is 0. The first-order chi connectivity index (χ1) is 9.24. The molecule has 0 amide bonds. The number of hydrogen-bond acceptors (Lipinski definition) is 6. The van der Waals surface area contributed by atoms with Crippen LogP contribution in [0.5, 0.6) is 5.75 Å². The summed E-state index contributed by atoms with van der Waals surface area (Å²) >= 11 is 0. The molecule has 0 saturated carbocycles. The molecule has 0 radical (unpaired) electrons. The smallest absolute Gasteiger partial charge is 0.182 e. The average molecular weight is 255 g/mol. The van der Waals surface area contributed by atoms with Gasteiger partial charge in [0.25, 0.3) is 0 Å². The van der Waals surface area contributed by atoms with Crippen LogP contribution in [0.1, 0.15) is 0 Å². The zero-order valence-corrected chi connectivity index (χ0v) is 10.7. The number of hydrogen-bond donors (Lipinski definition) is 1. The molecule has 1 N–H and O–H groups in total. The first-order valence-corrected chi connectivity index (χ1v) is 5.59. The zero-order chi connectivity index (χ0) is 13.7. The standard InChI is InChI=1S/C13H13N5O/c1-18(10-3-5-11(19-2)6-4-10)13-7-12(15-8-14)16-9-17-13/h3-7,9H,1-2H3,(H,15,16,17). The summed E-state index contributed by atoms with van der Waals surface area (Å²) in [5.41, 5.74) is 0.961. The maximum Gasteiger partial charge on any atom is 0.182 e. The molecule has 6 nitrogen and oxygen atoms in total. The van der Waals surface area contributed by atoms with Gasteiger partial charge in [-0.25, -0.2) is 9.97 Å². The molecule has 6 heteroatoms. The average Bonchev–Trinajstić information content (AvgIpc) is 2.47. The molecule has 0 aliphatic carbocycles. The van der Waals surface area contributed by atoms with Crippen LogP contribution < -0.4 is 15.0 Å². The fraction of sp³-hybridized carbons (Fsp3) is 0.154. The Labute approximate surface area is 111 Å². The van der Waals surface area contributed by atoms with Crippen LogP contribution in [0, 0.1) is 11.5 Å². The van der Waals surface area contributed by atoms with E-state index in [1.54, 1.807) is 13.2 Å². The van der Waals surface area contributed by atoms with Crippen LogP contribution in [0.25, 0.3) is 0 Å². The molecule has 0 aliphatic heterocycles. The summed E-state index contributed by atoms with van der Waals surface area (Å²) in [5, 5.41) is 11.1. The molecule has 0 bridgehead atoms. The molecule has 0 spiro atoms. The predicted octanol–water partition coefficient (Wildman–Crippen LogP) is 2.15. The van der Waals surface area contributed by atoms with Crippen LogP contribution in [-0.2, 0) is 0 Å². The lowest BCUT2D eigenvalue weighted by Crippen LogP contribution is -2.11. The maximum absolute atomic E-state index is 8.57. The van der Waals surface area contributed by atoms with E-state index < -0.39 is 0 Å². The molecule has 1 aromatic carbocycles. The van der Waals surface area contributed by atoms with Crippen LogP contribution in [0.3, 0.4) is 0 Å². The van der Waals surface area contributed by atoms with Crippen molar-refractivity contribution in [2.75, 3.05) is 24.4 Å². The van der Waals surface area contributed by atoms with Crippen molar-refractivity contribution in [1.82, 2.24) is 9.97 Å². The van der Waals surface area contributed by atoms with Gasteiger partial charge in [-0.15, -0.1) is 0 Å². The van der Waals surface area contributed by atoms with Gasteiger partial charge in [0.1, 0.15) is 23.7 Å². The van der Waals surface area contributed by atoms with Crippen molar-refractivity contribution in [1.29, 1.82) is 5.26 Å². The Kier molecular flexibility index (Phi) is 3.78. The highest BCUT2D eigenvalue weighted by Gasteiger charge is 2.06. The largest absolute Gasteiger partial charge is 0.497 e. The summed E-state index contributed by atoms with van der Waals surface area (Å²) in [6, 6.07) is 9.31. The second kappa shape index (κ2) is 5.69. The van der Waals surface area contributed by atoms with Gasteiger partial charge in [0.2, 0.25) is 0 Å². The Morgan fingerprint density at radius 2 is 2.00 bits per heavy atom. The third kappa shape index (κ3) is 2.90. The molecule has 2 rings (SSSR count). The predicted molar refractivity (Wildman–Crippen MR) is 72.3 cm³/mol. The van der Waals surface area contributed by atoms with Crippen molar-refractivity contribution in [3.63, 3.8) is 0 Å². The van der Waals surface area contributed by atoms with Crippen molar-refractivity contribution in [2.45, 2.75) is 0 Å². The van der Waals surface area contributed by atoms with E-state index in [2.05, 4.69) is 15.3 Å². The van der Waals surface area contributed by atoms with Gasteiger partial charge in [0.05, 0.1) is 7.11 Å².